The zero-order chi connectivity index (χ0) is 16.8. The molecule has 6 heteroatoms. The van der Waals surface area contributed by atoms with Crippen LogP contribution < -0.4 is 5.32 Å². The molecule has 6 nitrogen and oxygen atoms in total. The highest BCUT2D eigenvalue weighted by atomic mass is 16.4. The van der Waals surface area contributed by atoms with Gasteiger partial charge in [-0.05, 0) is 42.7 Å². The maximum Gasteiger partial charge on any atom is 0.328 e. The van der Waals surface area contributed by atoms with E-state index in [0.717, 1.165) is 22.9 Å². The van der Waals surface area contributed by atoms with Crippen LogP contribution in [-0.4, -0.2) is 26.8 Å². The number of benzene rings is 1. The molecule has 0 saturated carbocycles. The largest absolute Gasteiger partial charge is 0.478 e. The number of hydrogen-bond acceptors (Lipinski definition) is 3. The van der Waals surface area contributed by atoms with Crippen molar-refractivity contribution < 1.29 is 14.7 Å². The minimum absolute atomic E-state index is 0.0675. The molecule has 2 aromatic rings. The Bertz CT molecular complexity index is 730. The molecule has 0 bridgehead atoms. The van der Waals surface area contributed by atoms with E-state index in [-0.39, 0.29) is 5.91 Å². The van der Waals surface area contributed by atoms with E-state index < -0.39 is 5.97 Å². The molecular formula is C17H19N3O3. The van der Waals surface area contributed by atoms with Crippen molar-refractivity contribution in [1.29, 1.82) is 0 Å². The Morgan fingerprint density at radius 1 is 1.30 bits per heavy atom. The molecule has 1 amide bonds. The van der Waals surface area contributed by atoms with Crippen LogP contribution in [0.3, 0.4) is 0 Å². The Hall–Kier alpha value is -2.89. The van der Waals surface area contributed by atoms with Crippen LogP contribution in [0.15, 0.2) is 36.5 Å². The maximum atomic E-state index is 12.0. The molecular weight excluding hydrogens is 294 g/mol. The second-order valence-electron chi connectivity index (χ2n) is 5.26. The first-order valence-electron chi connectivity index (χ1n) is 7.24. The average molecular weight is 313 g/mol. The van der Waals surface area contributed by atoms with Gasteiger partial charge in [-0.2, -0.15) is 5.10 Å². The molecule has 2 N–H and O–H groups in total. The lowest BCUT2D eigenvalue weighted by atomic mass is 10.1. The van der Waals surface area contributed by atoms with Gasteiger partial charge in [-0.1, -0.05) is 12.1 Å². The molecule has 23 heavy (non-hydrogen) atoms. The van der Waals surface area contributed by atoms with E-state index in [9.17, 15) is 9.59 Å². The van der Waals surface area contributed by atoms with Gasteiger partial charge >= 0.3 is 5.97 Å². The topological polar surface area (TPSA) is 84.2 Å². The van der Waals surface area contributed by atoms with Crippen LogP contribution in [0.2, 0.25) is 0 Å². The van der Waals surface area contributed by atoms with Gasteiger partial charge in [-0.25, -0.2) is 4.79 Å². The van der Waals surface area contributed by atoms with E-state index in [2.05, 4.69) is 10.4 Å². The first-order valence-corrected chi connectivity index (χ1v) is 7.24. The van der Waals surface area contributed by atoms with Crippen molar-refractivity contribution in [3.8, 4) is 0 Å². The van der Waals surface area contributed by atoms with Crippen LogP contribution in [0.4, 0.5) is 5.69 Å². The summed E-state index contributed by atoms with van der Waals surface area (Å²) in [7, 11) is 1.86. The van der Waals surface area contributed by atoms with Gasteiger partial charge in [0.1, 0.15) is 0 Å². The Kier molecular flexibility index (Phi) is 5.30. The van der Waals surface area contributed by atoms with Crippen molar-refractivity contribution in [3.63, 3.8) is 0 Å². The first-order chi connectivity index (χ1) is 10.9. The number of rotatable bonds is 6. The summed E-state index contributed by atoms with van der Waals surface area (Å²) < 4.78 is 1.74. The number of carbonyl (C=O) groups excluding carboxylic acids is 1. The lowest BCUT2D eigenvalue weighted by Crippen LogP contribution is -2.12. The predicted molar refractivity (Wildman–Crippen MR) is 88.0 cm³/mol. The summed E-state index contributed by atoms with van der Waals surface area (Å²) in [5, 5.41) is 15.6. The zero-order valence-corrected chi connectivity index (χ0v) is 13.1. The monoisotopic (exact) mass is 313 g/mol. The van der Waals surface area contributed by atoms with Gasteiger partial charge in [0.15, 0.2) is 0 Å². The van der Waals surface area contributed by atoms with Crippen molar-refractivity contribution in [2.45, 2.75) is 19.8 Å². The number of hydrogen-bond donors (Lipinski definition) is 2. The van der Waals surface area contributed by atoms with Crippen LogP contribution in [0.5, 0.6) is 0 Å². The third kappa shape index (κ3) is 5.10. The maximum absolute atomic E-state index is 12.0. The lowest BCUT2D eigenvalue weighted by molar-refractivity contribution is -0.131. The zero-order valence-electron chi connectivity index (χ0n) is 13.1. The molecule has 0 aliphatic rings. The van der Waals surface area contributed by atoms with Crippen LogP contribution in [0.25, 0.3) is 6.08 Å². The number of aryl methyl sites for hydroxylation is 3. The third-order valence-electron chi connectivity index (χ3n) is 3.35. The Morgan fingerprint density at radius 3 is 2.57 bits per heavy atom. The van der Waals surface area contributed by atoms with E-state index in [1.807, 2.05) is 20.2 Å². The smallest absolute Gasteiger partial charge is 0.328 e. The highest BCUT2D eigenvalue weighted by Crippen LogP contribution is 2.12. The van der Waals surface area contributed by atoms with E-state index in [0.29, 0.717) is 18.5 Å². The van der Waals surface area contributed by atoms with Crippen LogP contribution in [0.1, 0.15) is 23.2 Å². The van der Waals surface area contributed by atoms with Crippen LogP contribution in [0, 0.1) is 6.92 Å². The molecule has 1 aromatic heterocycles. The SMILES string of the molecule is Cc1nn(C)cc1CCC(=O)Nc1ccc(C=CC(=O)O)cc1. The summed E-state index contributed by atoms with van der Waals surface area (Å²) in [6.45, 7) is 1.93. The molecule has 1 aromatic carbocycles. The van der Waals surface area contributed by atoms with Gasteiger partial charge in [-0.3, -0.25) is 9.48 Å². The number of nitrogens with zero attached hydrogens (tertiary/aromatic N) is 2. The first kappa shape index (κ1) is 16.5. The standard InChI is InChI=1S/C17H19N3O3/c1-12-14(11-20(2)19-12)6-9-16(21)18-15-7-3-13(4-8-15)5-10-17(22)23/h3-5,7-8,10-11H,6,9H2,1-2H3,(H,18,21)(H,22,23). The molecule has 120 valence electrons. The Balaban J connectivity index is 1.87. The van der Waals surface area contributed by atoms with Gasteiger partial charge in [0.2, 0.25) is 5.91 Å². The molecule has 2 rings (SSSR count). The van der Waals surface area contributed by atoms with Crippen molar-refractivity contribution in [2.24, 2.45) is 7.05 Å². The molecule has 0 aliphatic carbocycles. The number of aliphatic carboxylic acids is 1. The molecule has 1 heterocycles. The normalized spacial score (nSPS) is 10.9. The second-order valence-corrected chi connectivity index (χ2v) is 5.26. The van der Waals surface area contributed by atoms with E-state index in [4.69, 9.17) is 5.11 Å². The summed E-state index contributed by atoms with van der Waals surface area (Å²) in [5.41, 5.74) is 3.45. The van der Waals surface area contributed by atoms with E-state index >= 15 is 0 Å². The quantitative estimate of drug-likeness (QED) is 0.802. The minimum Gasteiger partial charge on any atom is -0.478 e. The summed E-state index contributed by atoms with van der Waals surface area (Å²) in [6.07, 6.45) is 5.52. The number of nitrogens with one attached hydrogen (secondary N) is 1. The van der Waals surface area contributed by atoms with Gasteiger partial charge in [-0.15, -0.1) is 0 Å². The average Bonchev–Trinajstić information content (AvgIpc) is 2.82. The Labute approximate surface area is 134 Å². The minimum atomic E-state index is -0.993. The van der Waals surface area contributed by atoms with Crippen LogP contribution in [-0.2, 0) is 23.1 Å². The summed E-state index contributed by atoms with van der Waals surface area (Å²) >= 11 is 0. The summed E-state index contributed by atoms with van der Waals surface area (Å²) in [4.78, 5) is 22.4. The van der Waals surface area contributed by atoms with Crippen molar-refractivity contribution >= 4 is 23.6 Å². The number of aromatic nitrogens is 2. The van der Waals surface area contributed by atoms with E-state index in [1.54, 1.807) is 28.9 Å². The third-order valence-corrected chi connectivity index (χ3v) is 3.35. The number of amides is 1. The predicted octanol–water partition coefficient (Wildman–Crippen LogP) is 2.40. The summed E-state index contributed by atoms with van der Waals surface area (Å²) in [5.74, 6) is -1.06. The van der Waals surface area contributed by atoms with Gasteiger partial charge in [0.05, 0.1) is 5.69 Å². The highest BCUT2D eigenvalue weighted by Gasteiger charge is 2.07. The number of carboxylic acid groups (broad SMARTS) is 1. The number of carboxylic acids is 1. The lowest BCUT2D eigenvalue weighted by Gasteiger charge is -2.05. The van der Waals surface area contributed by atoms with Crippen molar-refractivity contribution in [3.05, 3.63) is 53.4 Å². The highest BCUT2D eigenvalue weighted by molar-refractivity contribution is 5.91. The number of carbonyl (C=O) groups is 2. The van der Waals surface area contributed by atoms with Gasteiger partial charge < -0.3 is 10.4 Å². The van der Waals surface area contributed by atoms with Gasteiger partial charge in [0.25, 0.3) is 0 Å². The van der Waals surface area contributed by atoms with Crippen LogP contribution >= 0.6 is 0 Å². The van der Waals surface area contributed by atoms with Crippen molar-refractivity contribution in [2.75, 3.05) is 5.32 Å². The second kappa shape index (κ2) is 7.40. The van der Waals surface area contributed by atoms with Crippen molar-refractivity contribution in [1.82, 2.24) is 9.78 Å². The fourth-order valence-corrected chi connectivity index (χ4v) is 2.21. The molecule has 0 saturated heterocycles. The molecule has 0 radical (unpaired) electrons. The van der Waals surface area contributed by atoms with E-state index in [1.165, 1.54) is 6.08 Å². The fourth-order valence-electron chi connectivity index (χ4n) is 2.21. The molecule has 0 aliphatic heterocycles. The molecule has 0 fully saturated rings. The van der Waals surface area contributed by atoms with Gasteiger partial charge in [0, 0.05) is 31.4 Å². The molecule has 0 spiro atoms. The summed E-state index contributed by atoms with van der Waals surface area (Å²) in [6, 6.07) is 6.99. The number of anilines is 1. The molecule has 0 unspecified atom stereocenters. The molecule has 0 atom stereocenters. The fraction of sp³-hybridized carbons (Fsp3) is 0.235. The Morgan fingerprint density at radius 2 is 2.00 bits per heavy atom.